The van der Waals surface area contributed by atoms with Crippen LogP contribution in [0, 0.1) is 0 Å². The topological polar surface area (TPSA) is 58.4 Å². The second kappa shape index (κ2) is 6.37. The number of nitrogens with one attached hydrogen (secondary N) is 1. The predicted molar refractivity (Wildman–Crippen MR) is 76.8 cm³/mol. The maximum absolute atomic E-state index is 11.0. The van der Waals surface area contributed by atoms with Gasteiger partial charge < -0.3 is 11.1 Å². The Hall–Kier alpha value is -1.10. The van der Waals surface area contributed by atoms with E-state index in [1.165, 1.54) is 0 Å². The van der Waals surface area contributed by atoms with E-state index < -0.39 is 0 Å². The molecule has 104 valence electrons. The van der Waals surface area contributed by atoms with E-state index in [4.69, 9.17) is 17.3 Å². The smallest absolute Gasteiger partial charge is 0.217 e. The average Bonchev–Trinajstić information content (AvgIpc) is 2.78. The highest BCUT2D eigenvalue weighted by Gasteiger charge is 2.23. The van der Waals surface area contributed by atoms with Gasteiger partial charge >= 0.3 is 0 Å². The van der Waals surface area contributed by atoms with E-state index in [1.54, 1.807) is 6.92 Å². The molecule has 1 atom stereocenters. The van der Waals surface area contributed by atoms with Gasteiger partial charge in [-0.25, -0.2) is 0 Å². The molecule has 19 heavy (non-hydrogen) atoms. The van der Waals surface area contributed by atoms with Gasteiger partial charge in [-0.1, -0.05) is 23.7 Å². The molecule has 0 aliphatic carbocycles. The van der Waals surface area contributed by atoms with Crippen molar-refractivity contribution in [2.75, 3.05) is 13.1 Å². The summed E-state index contributed by atoms with van der Waals surface area (Å²) in [4.78, 5) is 13.3. The quantitative estimate of drug-likeness (QED) is 0.880. The Kier molecular flexibility index (Phi) is 4.80. The lowest BCUT2D eigenvalue weighted by atomic mass is 10.1. The van der Waals surface area contributed by atoms with Crippen molar-refractivity contribution in [1.82, 2.24) is 10.2 Å². The number of hydrogen-bond acceptors (Lipinski definition) is 3. The van der Waals surface area contributed by atoms with Gasteiger partial charge in [0, 0.05) is 44.2 Å². The third-order valence-corrected chi connectivity index (χ3v) is 3.78. The number of carbonyl (C=O) groups is 1. The Labute approximate surface area is 118 Å². The number of carbonyl (C=O) groups excluding carboxylic acids is 1. The second-order valence-electron chi connectivity index (χ2n) is 5.05. The third-order valence-electron chi connectivity index (χ3n) is 3.43. The van der Waals surface area contributed by atoms with Crippen LogP contribution in [-0.4, -0.2) is 29.9 Å². The summed E-state index contributed by atoms with van der Waals surface area (Å²) >= 11 is 6.26. The van der Waals surface area contributed by atoms with Crippen LogP contribution in [0.2, 0.25) is 5.02 Å². The number of nitrogens with two attached hydrogens (primary N) is 1. The lowest BCUT2D eigenvalue weighted by Crippen LogP contribution is -2.35. The average molecular weight is 282 g/mol. The number of rotatable bonds is 4. The summed E-state index contributed by atoms with van der Waals surface area (Å²) in [5.41, 5.74) is 7.75. The highest BCUT2D eigenvalue weighted by atomic mass is 35.5. The van der Waals surface area contributed by atoms with E-state index in [0.717, 1.165) is 42.2 Å². The fraction of sp³-hybridized carbons (Fsp3) is 0.500. The predicted octanol–water partition coefficient (Wildman–Crippen LogP) is 1.51. The zero-order valence-electron chi connectivity index (χ0n) is 11.2. The van der Waals surface area contributed by atoms with Crippen molar-refractivity contribution >= 4 is 17.5 Å². The fourth-order valence-corrected chi connectivity index (χ4v) is 2.73. The molecule has 1 fully saturated rings. The first-order valence-corrected chi connectivity index (χ1v) is 6.93. The molecule has 1 amide bonds. The lowest BCUT2D eigenvalue weighted by molar-refractivity contribution is -0.119. The zero-order valence-corrected chi connectivity index (χ0v) is 11.9. The summed E-state index contributed by atoms with van der Waals surface area (Å²) in [5.74, 6) is 0.0391. The summed E-state index contributed by atoms with van der Waals surface area (Å²) < 4.78 is 0. The number of likely N-dealkylation sites (tertiary alicyclic amines) is 1. The summed E-state index contributed by atoms with van der Waals surface area (Å²) in [6, 6.07) is 6.25. The SMILES string of the molecule is CC(=O)NC1CCN(Cc2ccc(CN)cc2Cl)C1. The van der Waals surface area contributed by atoms with Crippen molar-refractivity contribution < 1.29 is 4.79 Å². The minimum absolute atomic E-state index is 0.0391. The zero-order chi connectivity index (χ0) is 13.8. The van der Waals surface area contributed by atoms with E-state index in [1.807, 2.05) is 18.2 Å². The molecule has 2 rings (SSSR count). The highest BCUT2D eigenvalue weighted by Crippen LogP contribution is 2.21. The van der Waals surface area contributed by atoms with Crippen molar-refractivity contribution in [1.29, 1.82) is 0 Å². The molecule has 3 N–H and O–H groups in total. The van der Waals surface area contributed by atoms with Gasteiger partial charge in [-0.3, -0.25) is 9.69 Å². The van der Waals surface area contributed by atoms with Gasteiger partial charge in [0.05, 0.1) is 0 Å². The third kappa shape index (κ3) is 3.93. The van der Waals surface area contributed by atoms with E-state index in [-0.39, 0.29) is 11.9 Å². The first-order chi connectivity index (χ1) is 9.08. The standard InChI is InChI=1S/C14H20ClN3O/c1-10(19)17-13-4-5-18(9-13)8-12-3-2-11(7-16)6-14(12)15/h2-3,6,13H,4-5,7-9,16H2,1H3,(H,17,19). The van der Waals surface area contributed by atoms with Gasteiger partial charge in [-0.05, 0) is 23.6 Å². The van der Waals surface area contributed by atoms with E-state index in [0.29, 0.717) is 6.54 Å². The number of hydrogen-bond donors (Lipinski definition) is 2. The number of nitrogens with zero attached hydrogens (tertiary/aromatic N) is 1. The highest BCUT2D eigenvalue weighted by molar-refractivity contribution is 6.31. The molecule has 1 aliphatic heterocycles. The molecule has 0 bridgehead atoms. The molecule has 1 aromatic rings. The molecule has 1 unspecified atom stereocenters. The minimum atomic E-state index is 0.0391. The van der Waals surface area contributed by atoms with Gasteiger partial charge in [0.15, 0.2) is 0 Å². The van der Waals surface area contributed by atoms with Crippen molar-refractivity contribution in [3.63, 3.8) is 0 Å². The molecule has 1 heterocycles. The van der Waals surface area contributed by atoms with Crippen molar-refractivity contribution in [2.24, 2.45) is 5.73 Å². The van der Waals surface area contributed by atoms with Gasteiger partial charge in [-0.15, -0.1) is 0 Å². The Morgan fingerprint density at radius 1 is 1.58 bits per heavy atom. The van der Waals surface area contributed by atoms with Crippen LogP contribution in [-0.2, 0) is 17.9 Å². The minimum Gasteiger partial charge on any atom is -0.352 e. The molecule has 0 saturated carbocycles. The Morgan fingerprint density at radius 3 is 3.00 bits per heavy atom. The Bertz CT molecular complexity index is 464. The van der Waals surface area contributed by atoms with Crippen LogP contribution < -0.4 is 11.1 Å². The van der Waals surface area contributed by atoms with E-state index >= 15 is 0 Å². The van der Waals surface area contributed by atoms with Crippen LogP contribution in [0.3, 0.4) is 0 Å². The van der Waals surface area contributed by atoms with Crippen LogP contribution in [0.1, 0.15) is 24.5 Å². The molecule has 0 radical (unpaired) electrons. The molecule has 0 aromatic heterocycles. The monoisotopic (exact) mass is 281 g/mol. The van der Waals surface area contributed by atoms with Crippen molar-refractivity contribution in [3.05, 3.63) is 34.3 Å². The molecule has 1 saturated heterocycles. The largest absolute Gasteiger partial charge is 0.352 e. The fourth-order valence-electron chi connectivity index (χ4n) is 2.47. The van der Waals surface area contributed by atoms with Gasteiger partial charge in [0.2, 0.25) is 5.91 Å². The number of benzene rings is 1. The molecule has 1 aromatic carbocycles. The molecule has 1 aliphatic rings. The molecule has 4 nitrogen and oxygen atoms in total. The summed E-state index contributed by atoms with van der Waals surface area (Å²) in [6.07, 6.45) is 0.998. The normalized spacial score (nSPS) is 19.6. The first-order valence-electron chi connectivity index (χ1n) is 6.55. The molecule has 0 spiro atoms. The van der Waals surface area contributed by atoms with Crippen molar-refractivity contribution in [3.8, 4) is 0 Å². The lowest BCUT2D eigenvalue weighted by Gasteiger charge is -2.17. The molecule has 5 heteroatoms. The van der Waals surface area contributed by atoms with E-state index in [2.05, 4.69) is 10.2 Å². The van der Waals surface area contributed by atoms with Gasteiger partial charge in [0.25, 0.3) is 0 Å². The molecular weight excluding hydrogens is 262 g/mol. The maximum atomic E-state index is 11.0. The number of halogens is 1. The first kappa shape index (κ1) is 14.3. The van der Waals surface area contributed by atoms with Crippen LogP contribution in [0.25, 0.3) is 0 Å². The number of amides is 1. The van der Waals surface area contributed by atoms with Crippen LogP contribution >= 0.6 is 11.6 Å². The van der Waals surface area contributed by atoms with Crippen LogP contribution in [0.15, 0.2) is 18.2 Å². The Balaban J connectivity index is 1.93. The van der Waals surface area contributed by atoms with E-state index in [9.17, 15) is 4.79 Å². The summed E-state index contributed by atoms with van der Waals surface area (Å²) in [7, 11) is 0. The van der Waals surface area contributed by atoms with Crippen molar-refractivity contribution in [2.45, 2.75) is 32.5 Å². The Morgan fingerprint density at radius 2 is 2.37 bits per heavy atom. The summed E-state index contributed by atoms with van der Waals surface area (Å²) in [6.45, 7) is 4.76. The van der Waals surface area contributed by atoms with Gasteiger partial charge in [-0.2, -0.15) is 0 Å². The van der Waals surface area contributed by atoms with Crippen LogP contribution in [0.5, 0.6) is 0 Å². The molecular formula is C14H20ClN3O. The summed E-state index contributed by atoms with van der Waals surface area (Å²) in [5, 5.41) is 3.73. The van der Waals surface area contributed by atoms with Gasteiger partial charge in [0.1, 0.15) is 0 Å². The van der Waals surface area contributed by atoms with Crippen LogP contribution in [0.4, 0.5) is 0 Å². The second-order valence-corrected chi connectivity index (χ2v) is 5.46. The maximum Gasteiger partial charge on any atom is 0.217 e.